The maximum atomic E-state index is 12.3. The average Bonchev–Trinajstić information content (AvgIpc) is 2.98. The first-order valence-electron chi connectivity index (χ1n) is 7.63. The van der Waals surface area contributed by atoms with Crippen molar-refractivity contribution in [2.24, 2.45) is 0 Å². The zero-order valence-corrected chi connectivity index (χ0v) is 14.6. The minimum Gasteiger partial charge on any atom is -0.369 e. The lowest BCUT2D eigenvalue weighted by Gasteiger charge is -2.19. The molecule has 1 amide bonds. The van der Waals surface area contributed by atoms with Crippen LogP contribution in [0.3, 0.4) is 0 Å². The molecule has 0 saturated carbocycles. The molecule has 0 atom stereocenters. The van der Waals surface area contributed by atoms with Gasteiger partial charge >= 0.3 is 0 Å². The van der Waals surface area contributed by atoms with Gasteiger partial charge in [-0.3, -0.25) is 4.79 Å². The predicted molar refractivity (Wildman–Crippen MR) is 97.9 cm³/mol. The van der Waals surface area contributed by atoms with Crippen LogP contribution in [0.25, 0.3) is 0 Å². The fourth-order valence-electron chi connectivity index (χ4n) is 2.84. The Morgan fingerprint density at radius 2 is 2.13 bits per heavy atom. The number of fused-ring (bicyclic) bond motifs is 1. The van der Waals surface area contributed by atoms with Crippen LogP contribution in [0.2, 0.25) is 5.02 Å². The minimum atomic E-state index is -0.113. The van der Waals surface area contributed by atoms with Crippen LogP contribution in [-0.4, -0.2) is 31.8 Å². The molecule has 1 aliphatic rings. The van der Waals surface area contributed by atoms with Crippen molar-refractivity contribution in [2.75, 3.05) is 30.8 Å². The highest BCUT2D eigenvalue weighted by Gasteiger charge is 2.18. The summed E-state index contributed by atoms with van der Waals surface area (Å²) in [4.78, 5) is 15.7. The SMILES string of the molecule is CSc1ccc(Cl)c(C(=O)NCCN2CCc3ccccc32)c1. The van der Waals surface area contributed by atoms with E-state index < -0.39 is 0 Å². The summed E-state index contributed by atoms with van der Waals surface area (Å²) in [6.07, 6.45) is 3.06. The third-order valence-electron chi connectivity index (χ3n) is 4.07. The zero-order valence-electron chi connectivity index (χ0n) is 13.0. The molecule has 0 spiro atoms. The number of nitrogens with one attached hydrogen (secondary N) is 1. The Kier molecular flexibility index (Phi) is 5.13. The van der Waals surface area contributed by atoms with Gasteiger partial charge in [-0.05, 0) is 42.5 Å². The molecule has 3 rings (SSSR count). The Labute approximate surface area is 146 Å². The molecule has 0 unspecified atom stereocenters. The number of hydrogen-bond acceptors (Lipinski definition) is 3. The van der Waals surface area contributed by atoms with Gasteiger partial charge in [0, 0.05) is 30.2 Å². The zero-order chi connectivity index (χ0) is 16.2. The number of hydrogen-bond donors (Lipinski definition) is 1. The van der Waals surface area contributed by atoms with Crippen molar-refractivity contribution in [2.45, 2.75) is 11.3 Å². The van der Waals surface area contributed by atoms with E-state index in [1.54, 1.807) is 17.8 Å². The lowest BCUT2D eigenvalue weighted by atomic mass is 10.2. The van der Waals surface area contributed by atoms with Crippen LogP contribution in [-0.2, 0) is 6.42 Å². The maximum Gasteiger partial charge on any atom is 0.252 e. The fraction of sp³-hybridized carbons (Fsp3) is 0.278. The highest BCUT2D eigenvalue weighted by Crippen LogP contribution is 2.27. The van der Waals surface area contributed by atoms with Crippen LogP contribution in [0.15, 0.2) is 47.4 Å². The lowest BCUT2D eigenvalue weighted by Crippen LogP contribution is -2.34. The van der Waals surface area contributed by atoms with Crippen LogP contribution >= 0.6 is 23.4 Å². The molecule has 120 valence electrons. The number of nitrogens with zero attached hydrogens (tertiary/aromatic N) is 1. The second kappa shape index (κ2) is 7.28. The number of carbonyl (C=O) groups excluding carboxylic acids is 1. The van der Waals surface area contributed by atoms with Crippen molar-refractivity contribution in [3.63, 3.8) is 0 Å². The molecule has 0 radical (unpaired) electrons. The standard InChI is InChI=1S/C18H19ClN2OS/c1-23-14-6-7-16(19)15(12-14)18(22)20-9-11-21-10-8-13-4-2-3-5-17(13)21/h2-7,12H,8-11H2,1H3,(H,20,22). The van der Waals surface area contributed by atoms with Crippen LogP contribution in [0.4, 0.5) is 5.69 Å². The topological polar surface area (TPSA) is 32.3 Å². The fourth-order valence-corrected chi connectivity index (χ4v) is 3.49. The Bertz CT molecular complexity index is 720. The highest BCUT2D eigenvalue weighted by molar-refractivity contribution is 7.98. The van der Waals surface area contributed by atoms with Gasteiger partial charge in [0.2, 0.25) is 0 Å². The summed E-state index contributed by atoms with van der Waals surface area (Å²) < 4.78 is 0. The number of rotatable bonds is 5. The first-order chi connectivity index (χ1) is 11.2. The quantitative estimate of drug-likeness (QED) is 0.834. The van der Waals surface area contributed by atoms with Crippen LogP contribution in [0, 0.1) is 0 Å². The predicted octanol–water partition coefficient (Wildman–Crippen LogP) is 3.85. The van der Waals surface area contributed by atoms with Crippen molar-refractivity contribution >= 4 is 35.0 Å². The van der Waals surface area contributed by atoms with Gasteiger partial charge in [0.15, 0.2) is 0 Å². The van der Waals surface area contributed by atoms with E-state index in [1.807, 2.05) is 18.4 Å². The molecule has 0 fully saturated rings. The van der Waals surface area contributed by atoms with E-state index in [-0.39, 0.29) is 5.91 Å². The summed E-state index contributed by atoms with van der Waals surface area (Å²) in [5.74, 6) is -0.113. The summed E-state index contributed by atoms with van der Waals surface area (Å²) in [5.41, 5.74) is 3.21. The number of thioether (sulfide) groups is 1. The van der Waals surface area contributed by atoms with E-state index in [1.165, 1.54) is 11.3 Å². The second-order valence-electron chi connectivity index (χ2n) is 5.47. The Morgan fingerprint density at radius 1 is 1.30 bits per heavy atom. The van der Waals surface area contributed by atoms with E-state index in [0.29, 0.717) is 17.1 Å². The minimum absolute atomic E-state index is 0.113. The Morgan fingerprint density at radius 3 is 2.96 bits per heavy atom. The number of carbonyl (C=O) groups is 1. The van der Waals surface area contributed by atoms with Gasteiger partial charge in [-0.2, -0.15) is 0 Å². The van der Waals surface area contributed by atoms with Crippen LogP contribution in [0.5, 0.6) is 0 Å². The van der Waals surface area contributed by atoms with E-state index >= 15 is 0 Å². The first kappa shape index (κ1) is 16.2. The highest BCUT2D eigenvalue weighted by atomic mass is 35.5. The normalized spacial score (nSPS) is 13.0. The lowest BCUT2D eigenvalue weighted by molar-refractivity contribution is 0.0954. The van der Waals surface area contributed by atoms with E-state index in [0.717, 1.165) is 24.4 Å². The van der Waals surface area contributed by atoms with E-state index in [4.69, 9.17) is 11.6 Å². The van der Waals surface area contributed by atoms with E-state index in [9.17, 15) is 4.79 Å². The molecule has 2 aromatic rings. The van der Waals surface area contributed by atoms with Gasteiger partial charge in [0.1, 0.15) is 0 Å². The molecule has 23 heavy (non-hydrogen) atoms. The van der Waals surface area contributed by atoms with Crippen molar-refractivity contribution < 1.29 is 4.79 Å². The molecular weight excluding hydrogens is 328 g/mol. The Hall–Kier alpha value is -1.65. The van der Waals surface area contributed by atoms with Crippen LogP contribution < -0.4 is 10.2 Å². The van der Waals surface area contributed by atoms with Gasteiger partial charge in [-0.15, -0.1) is 11.8 Å². The summed E-state index contributed by atoms with van der Waals surface area (Å²) in [5, 5.41) is 3.47. The molecule has 0 bridgehead atoms. The molecule has 2 aromatic carbocycles. The van der Waals surface area contributed by atoms with Crippen molar-refractivity contribution in [1.29, 1.82) is 0 Å². The first-order valence-corrected chi connectivity index (χ1v) is 9.24. The van der Waals surface area contributed by atoms with Gasteiger partial charge < -0.3 is 10.2 Å². The molecule has 1 heterocycles. The number of anilines is 1. The number of amides is 1. The second-order valence-corrected chi connectivity index (χ2v) is 6.75. The summed E-state index contributed by atoms with van der Waals surface area (Å²) in [7, 11) is 0. The summed E-state index contributed by atoms with van der Waals surface area (Å²) in [6, 6.07) is 14.0. The van der Waals surface area contributed by atoms with Crippen molar-refractivity contribution in [1.82, 2.24) is 5.32 Å². The van der Waals surface area contributed by atoms with Gasteiger partial charge in [-0.1, -0.05) is 29.8 Å². The molecular formula is C18H19ClN2OS. The molecule has 5 heteroatoms. The molecule has 0 aliphatic carbocycles. The van der Waals surface area contributed by atoms with Gasteiger partial charge in [-0.25, -0.2) is 0 Å². The van der Waals surface area contributed by atoms with E-state index in [2.05, 4.69) is 34.5 Å². The number of halogens is 1. The number of benzene rings is 2. The van der Waals surface area contributed by atoms with Crippen molar-refractivity contribution in [3.8, 4) is 0 Å². The van der Waals surface area contributed by atoms with Gasteiger partial charge in [0.05, 0.1) is 10.6 Å². The monoisotopic (exact) mass is 346 g/mol. The maximum absolute atomic E-state index is 12.3. The molecule has 3 nitrogen and oxygen atoms in total. The largest absolute Gasteiger partial charge is 0.369 e. The smallest absolute Gasteiger partial charge is 0.252 e. The van der Waals surface area contributed by atoms with Crippen LogP contribution in [0.1, 0.15) is 15.9 Å². The third-order valence-corrected chi connectivity index (χ3v) is 5.12. The Balaban J connectivity index is 1.58. The number of para-hydroxylation sites is 1. The summed E-state index contributed by atoms with van der Waals surface area (Å²) in [6.45, 7) is 2.42. The molecule has 0 saturated heterocycles. The average molecular weight is 347 g/mol. The molecule has 1 N–H and O–H groups in total. The summed E-state index contributed by atoms with van der Waals surface area (Å²) >= 11 is 7.74. The third kappa shape index (κ3) is 3.65. The van der Waals surface area contributed by atoms with Crippen molar-refractivity contribution in [3.05, 3.63) is 58.6 Å². The molecule has 0 aromatic heterocycles. The van der Waals surface area contributed by atoms with Gasteiger partial charge in [0.25, 0.3) is 5.91 Å². The molecule has 1 aliphatic heterocycles.